The SMILES string of the molecule is CCOc1cc(C(=O)NCCc2csc(-c3cccc(C)c3)n2)cc(OCC)c1OCC. The van der Waals surface area contributed by atoms with Gasteiger partial charge in [0.2, 0.25) is 5.75 Å². The van der Waals surface area contributed by atoms with E-state index in [-0.39, 0.29) is 5.91 Å². The first-order chi connectivity index (χ1) is 15.5. The third-order valence-electron chi connectivity index (χ3n) is 4.65. The van der Waals surface area contributed by atoms with E-state index in [0.29, 0.717) is 55.6 Å². The van der Waals surface area contributed by atoms with E-state index < -0.39 is 0 Å². The zero-order valence-corrected chi connectivity index (χ0v) is 19.9. The highest BCUT2D eigenvalue weighted by Crippen LogP contribution is 2.39. The summed E-state index contributed by atoms with van der Waals surface area (Å²) in [5, 5.41) is 6.00. The van der Waals surface area contributed by atoms with Crippen molar-refractivity contribution in [3.05, 3.63) is 58.6 Å². The summed E-state index contributed by atoms with van der Waals surface area (Å²) in [5.74, 6) is 1.35. The third kappa shape index (κ3) is 6.01. The van der Waals surface area contributed by atoms with Gasteiger partial charge in [-0.2, -0.15) is 0 Å². The van der Waals surface area contributed by atoms with Crippen molar-refractivity contribution < 1.29 is 19.0 Å². The fraction of sp³-hybridized carbons (Fsp3) is 0.360. The number of aryl methyl sites for hydroxylation is 1. The van der Waals surface area contributed by atoms with E-state index >= 15 is 0 Å². The number of ether oxygens (including phenoxy) is 3. The van der Waals surface area contributed by atoms with Gasteiger partial charge in [0, 0.05) is 29.5 Å². The second-order valence-electron chi connectivity index (χ2n) is 7.12. The van der Waals surface area contributed by atoms with Crippen molar-refractivity contribution in [1.82, 2.24) is 10.3 Å². The Kier molecular flexibility index (Phi) is 8.50. The van der Waals surface area contributed by atoms with Crippen molar-refractivity contribution in [3.63, 3.8) is 0 Å². The van der Waals surface area contributed by atoms with E-state index in [9.17, 15) is 4.79 Å². The summed E-state index contributed by atoms with van der Waals surface area (Å²) in [6.07, 6.45) is 0.654. The first-order valence-corrected chi connectivity index (χ1v) is 11.8. The number of nitrogens with zero attached hydrogens (tertiary/aromatic N) is 1. The Hall–Kier alpha value is -3.06. The van der Waals surface area contributed by atoms with Crippen LogP contribution < -0.4 is 19.5 Å². The second kappa shape index (κ2) is 11.5. The van der Waals surface area contributed by atoms with Gasteiger partial charge in [-0.05, 0) is 45.9 Å². The summed E-state index contributed by atoms with van der Waals surface area (Å²) >= 11 is 1.62. The van der Waals surface area contributed by atoms with Crippen LogP contribution in [-0.2, 0) is 6.42 Å². The number of aromatic nitrogens is 1. The van der Waals surface area contributed by atoms with Gasteiger partial charge < -0.3 is 19.5 Å². The average Bonchev–Trinajstić information content (AvgIpc) is 3.25. The highest BCUT2D eigenvalue weighted by atomic mass is 32.1. The standard InChI is InChI=1S/C25H30N2O4S/c1-5-29-21-14-19(15-22(30-6-2)23(21)31-7-3)24(28)26-12-11-20-16-32-25(27-20)18-10-8-9-17(4)13-18/h8-10,13-16H,5-7,11-12H2,1-4H3,(H,26,28). The largest absolute Gasteiger partial charge is 0.490 e. The molecule has 7 heteroatoms. The molecule has 0 aliphatic rings. The maximum Gasteiger partial charge on any atom is 0.251 e. The van der Waals surface area contributed by atoms with Crippen LogP contribution in [0.25, 0.3) is 10.6 Å². The predicted molar refractivity (Wildman–Crippen MR) is 128 cm³/mol. The van der Waals surface area contributed by atoms with E-state index in [0.717, 1.165) is 16.3 Å². The molecule has 32 heavy (non-hydrogen) atoms. The Labute approximate surface area is 193 Å². The molecule has 1 heterocycles. The van der Waals surface area contributed by atoms with Crippen LogP contribution in [0.4, 0.5) is 0 Å². The van der Waals surface area contributed by atoms with Crippen LogP contribution in [0.15, 0.2) is 41.8 Å². The lowest BCUT2D eigenvalue weighted by atomic mass is 10.1. The number of thiazole rings is 1. The van der Waals surface area contributed by atoms with Gasteiger partial charge in [-0.25, -0.2) is 4.98 Å². The van der Waals surface area contributed by atoms with Gasteiger partial charge in [-0.15, -0.1) is 11.3 Å². The molecule has 0 aliphatic heterocycles. The first kappa shape index (κ1) is 23.6. The lowest BCUT2D eigenvalue weighted by Crippen LogP contribution is -2.26. The molecule has 0 bridgehead atoms. The van der Waals surface area contributed by atoms with Crippen molar-refractivity contribution in [2.45, 2.75) is 34.1 Å². The minimum atomic E-state index is -0.191. The summed E-state index contributed by atoms with van der Waals surface area (Å²) in [5.41, 5.74) is 3.76. The molecule has 0 aliphatic carbocycles. The lowest BCUT2D eigenvalue weighted by molar-refractivity contribution is 0.0953. The minimum absolute atomic E-state index is 0.191. The van der Waals surface area contributed by atoms with Crippen LogP contribution in [0, 0.1) is 6.92 Å². The first-order valence-electron chi connectivity index (χ1n) is 10.9. The van der Waals surface area contributed by atoms with E-state index in [1.165, 1.54) is 5.56 Å². The van der Waals surface area contributed by atoms with Gasteiger partial charge in [0.1, 0.15) is 5.01 Å². The maximum absolute atomic E-state index is 12.8. The van der Waals surface area contributed by atoms with E-state index in [2.05, 4.69) is 30.4 Å². The van der Waals surface area contributed by atoms with Crippen LogP contribution in [0.5, 0.6) is 17.2 Å². The summed E-state index contributed by atoms with van der Waals surface area (Å²) in [6.45, 7) is 9.63. The molecule has 0 unspecified atom stereocenters. The van der Waals surface area contributed by atoms with Gasteiger partial charge in [0.05, 0.1) is 25.5 Å². The number of rotatable bonds is 11. The van der Waals surface area contributed by atoms with Gasteiger partial charge in [-0.3, -0.25) is 4.79 Å². The molecule has 1 amide bonds. The van der Waals surface area contributed by atoms with Crippen LogP contribution in [0.2, 0.25) is 0 Å². The highest BCUT2D eigenvalue weighted by molar-refractivity contribution is 7.13. The summed E-state index contributed by atoms with van der Waals surface area (Å²) < 4.78 is 17.1. The molecular formula is C25H30N2O4S. The highest BCUT2D eigenvalue weighted by Gasteiger charge is 2.18. The zero-order valence-electron chi connectivity index (χ0n) is 19.1. The minimum Gasteiger partial charge on any atom is -0.490 e. The van der Waals surface area contributed by atoms with Crippen LogP contribution >= 0.6 is 11.3 Å². The Morgan fingerprint density at radius 1 is 1.00 bits per heavy atom. The van der Waals surface area contributed by atoms with Crippen molar-refractivity contribution in [3.8, 4) is 27.8 Å². The average molecular weight is 455 g/mol. The molecule has 0 spiro atoms. The van der Waals surface area contributed by atoms with E-state index in [1.54, 1.807) is 23.5 Å². The number of carbonyl (C=O) groups excluding carboxylic acids is 1. The molecule has 0 saturated heterocycles. The molecule has 2 aromatic carbocycles. The zero-order chi connectivity index (χ0) is 22.9. The van der Waals surface area contributed by atoms with Crippen molar-refractivity contribution in [2.75, 3.05) is 26.4 Å². The predicted octanol–water partition coefficient (Wildman–Crippen LogP) is 5.29. The molecule has 0 saturated carbocycles. The quantitative estimate of drug-likeness (QED) is 0.426. The third-order valence-corrected chi connectivity index (χ3v) is 5.59. The van der Waals surface area contributed by atoms with E-state index in [1.807, 2.05) is 32.2 Å². The van der Waals surface area contributed by atoms with Gasteiger partial charge in [-0.1, -0.05) is 23.8 Å². The molecule has 3 rings (SSSR count). The molecule has 0 atom stereocenters. The molecule has 3 aromatic rings. The number of carbonyl (C=O) groups is 1. The molecule has 0 radical (unpaired) electrons. The second-order valence-corrected chi connectivity index (χ2v) is 7.98. The molecule has 1 N–H and O–H groups in total. The fourth-order valence-corrected chi connectivity index (χ4v) is 4.11. The Morgan fingerprint density at radius 3 is 2.31 bits per heavy atom. The number of benzene rings is 2. The number of nitrogens with one attached hydrogen (secondary N) is 1. The molecular weight excluding hydrogens is 424 g/mol. The van der Waals surface area contributed by atoms with Crippen molar-refractivity contribution >= 4 is 17.2 Å². The molecule has 6 nitrogen and oxygen atoms in total. The normalized spacial score (nSPS) is 10.6. The molecule has 170 valence electrons. The summed E-state index contributed by atoms with van der Waals surface area (Å²) in [4.78, 5) is 17.5. The van der Waals surface area contributed by atoms with Crippen molar-refractivity contribution in [2.24, 2.45) is 0 Å². The van der Waals surface area contributed by atoms with Crippen LogP contribution in [0.1, 0.15) is 42.4 Å². The fourth-order valence-electron chi connectivity index (χ4n) is 3.26. The molecule has 0 fully saturated rings. The Bertz CT molecular complexity index is 1020. The Balaban J connectivity index is 1.67. The summed E-state index contributed by atoms with van der Waals surface area (Å²) in [6, 6.07) is 11.7. The smallest absolute Gasteiger partial charge is 0.251 e. The Morgan fingerprint density at radius 2 is 1.69 bits per heavy atom. The number of hydrogen-bond acceptors (Lipinski definition) is 6. The van der Waals surface area contributed by atoms with Gasteiger partial charge >= 0.3 is 0 Å². The molecule has 1 aromatic heterocycles. The lowest BCUT2D eigenvalue weighted by Gasteiger charge is -2.17. The van der Waals surface area contributed by atoms with Crippen LogP contribution in [-0.4, -0.2) is 37.3 Å². The van der Waals surface area contributed by atoms with Crippen molar-refractivity contribution in [1.29, 1.82) is 0 Å². The monoisotopic (exact) mass is 454 g/mol. The number of amides is 1. The topological polar surface area (TPSA) is 69.7 Å². The number of hydrogen-bond donors (Lipinski definition) is 1. The maximum atomic E-state index is 12.8. The van der Waals surface area contributed by atoms with E-state index in [4.69, 9.17) is 19.2 Å². The van der Waals surface area contributed by atoms with Gasteiger partial charge in [0.25, 0.3) is 5.91 Å². The summed E-state index contributed by atoms with van der Waals surface area (Å²) in [7, 11) is 0. The van der Waals surface area contributed by atoms with Gasteiger partial charge in [0.15, 0.2) is 11.5 Å². The van der Waals surface area contributed by atoms with Crippen LogP contribution in [0.3, 0.4) is 0 Å².